The third kappa shape index (κ3) is 3.72. The second-order valence-electron chi connectivity index (χ2n) is 5.49. The summed E-state index contributed by atoms with van der Waals surface area (Å²) in [5.74, 6) is -1.21. The molecule has 0 aliphatic carbocycles. The zero-order valence-corrected chi connectivity index (χ0v) is 14.0. The number of rotatable bonds is 4. The number of carbonyl (C=O) groups is 2. The summed E-state index contributed by atoms with van der Waals surface area (Å²) in [6.07, 6.45) is 0. The minimum atomic E-state index is -1.15. The summed E-state index contributed by atoms with van der Waals surface area (Å²) < 4.78 is 5.28. The topological polar surface area (TPSA) is 79.5 Å². The van der Waals surface area contributed by atoms with Gasteiger partial charge in [0.2, 0.25) is 5.76 Å². The Morgan fingerprint density at radius 3 is 2.56 bits per heavy atom. The van der Waals surface area contributed by atoms with Gasteiger partial charge in [-0.05, 0) is 49.4 Å². The van der Waals surface area contributed by atoms with Gasteiger partial charge in [0.15, 0.2) is 0 Å². The van der Waals surface area contributed by atoms with Crippen LogP contribution >= 0.6 is 11.6 Å². The van der Waals surface area contributed by atoms with Crippen molar-refractivity contribution in [3.05, 3.63) is 76.5 Å². The van der Waals surface area contributed by atoms with Crippen LogP contribution in [0.15, 0.2) is 59.0 Å². The molecule has 5 nitrogen and oxygen atoms in total. The van der Waals surface area contributed by atoms with Gasteiger partial charge in [-0.3, -0.25) is 4.79 Å². The Balaban J connectivity index is 1.89. The van der Waals surface area contributed by atoms with Gasteiger partial charge >= 0.3 is 5.97 Å². The minimum Gasteiger partial charge on any atom is -0.475 e. The maximum atomic E-state index is 12.4. The van der Waals surface area contributed by atoms with Gasteiger partial charge in [0, 0.05) is 11.1 Å². The van der Waals surface area contributed by atoms with Crippen LogP contribution in [-0.4, -0.2) is 17.0 Å². The van der Waals surface area contributed by atoms with Gasteiger partial charge in [-0.1, -0.05) is 29.3 Å². The summed E-state index contributed by atoms with van der Waals surface area (Å²) in [5.41, 5.74) is 2.52. The number of aromatic carboxylic acids is 1. The predicted octanol–water partition coefficient (Wildman–Crippen LogP) is 4.86. The molecule has 0 aliphatic rings. The molecule has 3 aromatic rings. The Kier molecular flexibility index (Phi) is 4.59. The maximum Gasteiger partial charge on any atom is 0.371 e. The fourth-order valence-corrected chi connectivity index (χ4v) is 2.53. The molecule has 0 aliphatic heterocycles. The highest BCUT2D eigenvalue weighted by Crippen LogP contribution is 2.30. The monoisotopic (exact) mass is 355 g/mol. The molecule has 0 saturated heterocycles. The molecule has 0 fully saturated rings. The number of amides is 1. The van der Waals surface area contributed by atoms with Crippen molar-refractivity contribution in [2.24, 2.45) is 0 Å². The molecular formula is C19H14ClNO4. The number of halogens is 1. The molecule has 6 heteroatoms. The van der Waals surface area contributed by atoms with E-state index in [0.717, 1.165) is 5.56 Å². The van der Waals surface area contributed by atoms with Crippen LogP contribution in [0.4, 0.5) is 5.69 Å². The zero-order chi connectivity index (χ0) is 18.0. The number of nitrogens with one attached hydrogen (secondary N) is 1. The molecule has 0 bridgehead atoms. The Morgan fingerprint density at radius 2 is 1.88 bits per heavy atom. The number of furan rings is 1. The highest BCUT2D eigenvalue weighted by Gasteiger charge is 2.13. The highest BCUT2D eigenvalue weighted by molar-refractivity contribution is 6.34. The lowest BCUT2D eigenvalue weighted by Crippen LogP contribution is -2.12. The van der Waals surface area contributed by atoms with E-state index in [1.54, 1.807) is 42.5 Å². The number of carboxylic acid groups (broad SMARTS) is 1. The maximum absolute atomic E-state index is 12.4. The van der Waals surface area contributed by atoms with E-state index in [-0.39, 0.29) is 11.7 Å². The van der Waals surface area contributed by atoms with Crippen LogP contribution in [0.25, 0.3) is 11.3 Å². The molecule has 3 rings (SSSR count). The summed E-state index contributed by atoms with van der Waals surface area (Å²) in [6, 6.07) is 15.1. The molecule has 1 amide bonds. The predicted molar refractivity (Wildman–Crippen MR) is 95.2 cm³/mol. The summed E-state index contributed by atoms with van der Waals surface area (Å²) in [5, 5.41) is 12.1. The molecule has 2 aromatic carbocycles. The van der Waals surface area contributed by atoms with Crippen LogP contribution in [0.3, 0.4) is 0 Å². The van der Waals surface area contributed by atoms with Gasteiger partial charge in [0.25, 0.3) is 5.91 Å². The second kappa shape index (κ2) is 6.83. The lowest BCUT2D eigenvalue weighted by molar-refractivity contribution is 0.0663. The van der Waals surface area contributed by atoms with Gasteiger partial charge in [-0.2, -0.15) is 0 Å². The number of benzene rings is 2. The summed E-state index contributed by atoms with van der Waals surface area (Å²) in [4.78, 5) is 23.3. The molecule has 1 heterocycles. The van der Waals surface area contributed by atoms with Crippen molar-refractivity contribution in [2.75, 3.05) is 5.32 Å². The fraction of sp³-hybridized carbons (Fsp3) is 0.0526. The zero-order valence-electron chi connectivity index (χ0n) is 13.2. The number of hydrogen-bond acceptors (Lipinski definition) is 3. The Morgan fingerprint density at radius 1 is 1.08 bits per heavy atom. The molecular weight excluding hydrogens is 342 g/mol. The van der Waals surface area contributed by atoms with Crippen molar-refractivity contribution < 1.29 is 19.1 Å². The molecule has 2 N–H and O–H groups in total. The van der Waals surface area contributed by atoms with Crippen LogP contribution in [0.1, 0.15) is 26.5 Å². The molecule has 0 atom stereocenters. The fourth-order valence-electron chi connectivity index (χ4n) is 2.36. The average molecular weight is 356 g/mol. The van der Waals surface area contributed by atoms with E-state index in [1.807, 2.05) is 13.0 Å². The number of aryl methyl sites for hydroxylation is 1. The molecule has 1 aromatic heterocycles. The lowest BCUT2D eigenvalue weighted by atomic mass is 10.1. The number of anilines is 1. The molecule has 0 spiro atoms. The summed E-state index contributed by atoms with van der Waals surface area (Å²) in [7, 11) is 0. The highest BCUT2D eigenvalue weighted by atomic mass is 35.5. The van der Waals surface area contributed by atoms with Crippen molar-refractivity contribution in [2.45, 2.75) is 6.92 Å². The van der Waals surface area contributed by atoms with Crippen molar-refractivity contribution >= 4 is 29.2 Å². The summed E-state index contributed by atoms with van der Waals surface area (Å²) >= 11 is 6.16. The Labute approximate surface area is 148 Å². The van der Waals surface area contributed by atoms with E-state index in [1.165, 1.54) is 6.07 Å². The molecule has 126 valence electrons. The van der Waals surface area contributed by atoms with Gasteiger partial charge in [0.1, 0.15) is 5.76 Å². The first-order valence-electron chi connectivity index (χ1n) is 7.45. The molecule has 0 radical (unpaired) electrons. The third-order valence-corrected chi connectivity index (χ3v) is 3.93. The van der Waals surface area contributed by atoms with Gasteiger partial charge in [-0.25, -0.2) is 4.79 Å². The largest absolute Gasteiger partial charge is 0.475 e. The molecule has 0 saturated carbocycles. The van der Waals surface area contributed by atoms with E-state index in [2.05, 4.69) is 5.32 Å². The smallest absolute Gasteiger partial charge is 0.371 e. The van der Waals surface area contributed by atoms with E-state index >= 15 is 0 Å². The van der Waals surface area contributed by atoms with Crippen molar-refractivity contribution in [3.8, 4) is 11.3 Å². The normalized spacial score (nSPS) is 10.5. The Bertz CT molecular complexity index is 962. The lowest BCUT2D eigenvalue weighted by Gasteiger charge is -2.09. The number of carbonyl (C=O) groups excluding carboxylic acids is 1. The SMILES string of the molecule is Cc1cccc(C(=O)Nc2cc(-c3ccc(C(=O)O)o3)ccc2Cl)c1. The minimum absolute atomic E-state index is 0.157. The van der Waals surface area contributed by atoms with E-state index < -0.39 is 5.97 Å². The van der Waals surface area contributed by atoms with E-state index in [0.29, 0.717) is 27.6 Å². The summed E-state index contributed by atoms with van der Waals surface area (Å²) in [6.45, 7) is 1.90. The van der Waals surface area contributed by atoms with Gasteiger partial charge in [0.05, 0.1) is 10.7 Å². The number of hydrogen-bond donors (Lipinski definition) is 2. The van der Waals surface area contributed by atoms with Crippen LogP contribution < -0.4 is 5.32 Å². The van der Waals surface area contributed by atoms with Crippen LogP contribution in [-0.2, 0) is 0 Å². The van der Waals surface area contributed by atoms with Crippen LogP contribution in [0, 0.1) is 6.92 Å². The van der Waals surface area contributed by atoms with Gasteiger partial charge in [-0.15, -0.1) is 0 Å². The van der Waals surface area contributed by atoms with Crippen molar-refractivity contribution in [3.63, 3.8) is 0 Å². The second-order valence-corrected chi connectivity index (χ2v) is 5.89. The first-order valence-corrected chi connectivity index (χ1v) is 7.83. The van der Waals surface area contributed by atoms with Crippen LogP contribution in [0.2, 0.25) is 5.02 Å². The first kappa shape index (κ1) is 16.8. The van der Waals surface area contributed by atoms with Crippen LogP contribution in [0.5, 0.6) is 0 Å². The van der Waals surface area contributed by atoms with Crippen molar-refractivity contribution in [1.82, 2.24) is 0 Å². The quantitative estimate of drug-likeness (QED) is 0.700. The first-order chi connectivity index (χ1) is 11.9. The third-order valence-electron chi connectivity index (χ3n) is 3.60. The number of carboxylic acids is 1. The molecule has 0 unspecified atom stereocenters. The van der Waals surface area contributed by atoms with Gasteiger partial charge < -0.3 is 14.8 Å². The van der Waals surface area contributed by atoms with Crippen molar-refractivity contribution in [1.29, 1.82) is 0 Å². The standard InChI is InChI=1S/C19H14ClNO4/c1-11-3-2-4-13(9-11)18(22)21-15-10-12(5-6-14(15)20)16-7-8-17(25-16)19(23)24/h2-10H,1H3,(H,21,22)(H,23,24). The van der Waals surface area contributed by atoms with E-state index in [4.69, 9.17) is 21.1 Å². The Hall–Kier alpha value is -3.05. The molecule has 25 heavy (non-hydrogen) atoms. The average Bonchev–Trinajstić information content (AvgIpc) is 3.07. The van der Waals surface area contributed by atoms with E-state index in [9.17, 15) is 9.59 Å².